The third-order valence-electron chi connectivity index (χ3n) is 1.87. The second-order valence-electron chi connectivity index (χ2n) is 4.56. The second kappa shape index (κ2) is 5.82. The van der Waals surface area contributed by atoms with Gasteiger partial charge in [0.05, 0.1) is 7.11 Å². The Kier molecular flexibility index (Phi) is 4.67. The average molecular weight is 268 g/mol. The van der Waals surface area contributed by atoms with Gasteiger partial charge < -0.3 is 9.47 Å². The van der Waals surface area contributed by atoms with E-state index in [1.54, 1.807) is 38.3 Å². The number of carbonyl (C=O) groups excluding carboxylic acids is 2. The molecule has 0 aromatic carbocycles. The molecule has 1 heterocycles. The Morgan fingerprint density at radius 2 is 2.00 bits per heavy atom. The van der Waals surface area contributed by atoms with Crippen LogP contribution in [0.25, 0.3) is 6.08 Å². The van der Waals surface area contributed by atoms with Crippen LogP contribution >= 0.6 is 11.3 Å². The first-order valence-corrected chi connectivity index (χ1v) is 6.28. The molecule has 0 atom stereocenters. The monoisotopic (exact) mass is 268 g/mol. The smallest absolute Gasteiger partial charge is 0.348 e. The van der Waals surface area contributed by atoms with Gasteiger partial charge in [0.1, 0.15) is 10.5 Å². The molecular weight excluding hydrogens is 252 g/mol. The number of hydrogen-bond acceptors (Lipinski definition) is 5. The van der Waals surface area contributed by atoms with Gasteiger partial charge in [-0.3, -0.25) is 0 Å². The highest BCUT2D eigenvalue weighted by atomic mass is 32.1. The Morgan fingerprint density at radius 1 is 1.33 bits per heavy atom. The van der Waals surface area contributed by atoms with Crippen LogP contribution in [0.15, 0.2) is 17.5 Å². The van der Waals surface area contributed by atoms with Crippen LogP contribution in [-0.4, -0.2) is 24.6 Å². The van der Waals surface area contributed by atoms with Gasteiger partial charge in [-0.15, -0.1) is 11.3 Å². The fourth-order valence-electron chi connectivity index (χ4n) is 1.20. The van der Waals surface area contributed by atoms with E-state index in [1.165, 1.54) is 24.5 Å². The number of carbonyl (C=O) groups is 2. The minimum absolute atomic E-state index is 0.408. The molecule has 0 aliphatic heterocycles. The molecule has 0 saturated carbocycles. The first kappa shape index (κ1) is 14.4. The van der Waals surface area contributed by atoms with E-state index in [9.17, 15) is 9.59 Å². The Labute approximate surface area is 110 Å². The van der Waals surface area contributed by atoms with Gasteiger partial charge in [0, 0.05) is 11.6 Å². The van der Waals surface area contributed by atoms with Crippen molar-refractivity contribution in [1.29, 1.82) is 0 Å². The Morgan fingerprint density at radius 3 is 2.56 bits per heavy atom. The van der Waals surface area contributed by atoms with Gasteiger partial charge in [0.25, 0.3) is 0 Å². The molecule has 0 bridgehead atoms. The van der Waals surface area contributed by atoms with Crippen LogP contribution < -0.4 is 0 Å². The molecule has 98 valence electrons. The van der Waals surface area contributed by atoms with Gasteiger partial charge in [0.2, 0.25) is 0 Å². The Hall–Kier alpha value is -1.62. The minimum Gasteiger partial charge on any atom is -0.465 e. The van der Waals surface area contributed by atoms with Crippen molar-refractivity contribution in [2.45, 2.75) is 26.4 Å². The van der Waals surface area contributed by atoms with E-state index in [4.69, 9.17) is 4.74 Å². The molecule has 0 amide bonds. The molecular formula is C13H16O4S. The fourth-order valence-corrected chi connectivity index (χ4v) is 2.01. The van der Waals surface area contributed by atoms with E-state index in [1.807, 2.05) is 0 Å². The second-order valence-corrected chi connectivity index (χ2v) is 5.48. The molecule has 1 aromatic heterocycles. The summed E-state index contributed by atoms with van der Waals surface area (Å²) < 4.78 is 9.77. The molecule has 1 rings (SSSR count). The van der Waals surface area contributed by atoms with E-state index in [2.05, 4.69) is 4.74 Å². The summed E-state index contributed by atoms with van der Waals surface area (Å²) in [5, 5.41) is 1.76. The maximum atomic E-state index is 11.5. The maximum Gasteiger partial charge on any atom is 0.348 e. The summed E-state index contributed by atoms with van der Waals surface area (Å²) >= 11 is 1.27. The highest BCUT2D eigenvalue weighted by Crippen LogP contribution is 2.19. The number of methoxy groups -OCH3 is 1. The molecule has 0 radical (unpaired) electrons. The predicted octanol–water partition coefficient (Wildman–Crippen LogP) is 2.89. The van der Waals surface area contributed by atoms with Crippen LogP contribution in [0.4, 0.5) is 0 Å². The molecule has 0 unspecified atom stereocenters. The topological polar surface area (TPSA) is 52.6 Å². The van der Waals surface area contributed by atoms with E-state index < -0.39 is 17.5 Å². The highest BCUT2D eigenvalue weighted by molar-refractivity contribution is 7.12. The van der Waals surface area contributed by atoms with Gasteiger partial charge in [0.15, 0.2) is 0 Å². The number of thiophene rings is 1. The van der Waals surface area contributed by atoms with Crippen molar-refractivity contribution < 1.29 is 19.1 Å². The van der Waals surface area contributed by atoms with Crippen LogP contribution in [0.5, 0.6) is 0 Å². The highest BCUT2D eigenvalue weighted by Gasteiger charge is 2.15. The zero-order valence-electron chi connectivity index (χ0n) is 10.9. The molecule has 0 spiro atoms. The van der Waals surface area contributed by atoms with Crippen LogP contribution in [0, 0.1) is 0 Å². The zero-order chi connectivity index (χ0) is 13.8. The molecule has 0 aliphatic rings. The SMILES string of the molecule is COC(=O)c1sccc1/C=C/C(=O)OC(C)(C)C. The van der Waals surface area contributed by atoms with Crippen LogP contribution in [0.2, 0.25) is 0 Å². The maximum absolute atomic E-state index is 11.5. The van der Waals surface area contributed by atoms with Crippen LogP contribution in [-0.2, 0) is 14.3 Å². The summed E-state index contributed by atoms with van der Waals surface area (Å²) in [6.07, 6.45) is 2.86. The fraction of sp³-hybridized carbons (Fsp3) is 0.385. The van der Waals surface area contributed by atoms with E-state index in [-0.39, 0.29) is 0 Å². The van der Waals surface area contributed by atoms with Crippen molar-refractivity contribution in [2.24, 2.45) is 0 Å². The van der Waals surface area contributed by atoms with Gasteiger partial charge in [-0.05, 0) is 38.3 Å². The van der Waals surface area contributed by atoms with Crippen molar-refractivity contribution in [1.82, 2.24) is 0 Å². The lowest BCUT2D eigenvalue weighted by Gasteiger charge is -2.17. The van der Waals surface area contributed by atoms with Crippen molar-refractivity contribution in [3.05, 3.63) is 28.0 Å². The largest absolute Gasteiger partial charge is 0.465 e. The first-order valence-electron chi connectivity index (χ1n) is 5.40. The van der Waals surface area contributed by atoms with Crippen LogP contribution in [0.1, 0.15) is 36.0 Å². The van der Waals surface area contributed by atoms with E-state index in [0.717, 1.165) is 0 Å². The van der Waals surface area contributed by atoms with Gasteiger partial charge in [-0.25, -0.2) is 9.59 Å². The standard InChI is InChI=1S/C13H16O4S/c1-13(2,3)17-10(14)6-5-9-7-8-18-11(9)12(15)16-4/h5-8H,1-4H3/b6-5+. The Bertz CT molecular complexity index is 466. The quantitative estimate of drug-likeness (QED) is 0.625. The predicted molar refractivity (Wildman–Crippen MR) is 70.5 cm³/mol. The molecule has 4 nitrogen and oxygen atoms in total. The third kappa shape index (κ3) is 4.33. The van der Waals surface area contributed by atoms with Gasteiger partial charge in [-0.1, -0.05) is 0 Å². The summed E-state index contributed by atoms with van der Waals surface area (Å²) in [6.45, 7) is 5.38. The van der Waals surface area contributed by atoms with Crippen molar-refractivity contribution in [2.75, 3.05) is 7.11 Å². The summed E-state index contributed by atoms with van der Waals surface area (Å²) in [6, 6.07) is 1.75. The summed E-state index contributed by atoms with van der Waals surface area (Å²) in [5.41, 5.74) is 0.124. The van der Waals surface area contributed by atoms with Gasteiger partial charge in [-0.2, -0.15) is 0 Å². The van der Waals surface area contributed by atoms with E-state index >= 15 is 0 Å². The molecule has 0 saturated heterocycles. The lowest BCUT2D eigenvalue weighted by Crippen LogP contribution is -2.22. The summed E-state index contributed by atoms with van der Waals surface area (Å²) in [5.74, 6) is -0.849. The van der Waals surface area contributed by atoms with Gasteiger partial charge >= 0.3 is 11.9 Å². The number of hydrogen-bond donors (Lipinski definition) is 0. The summed E-state index contributed by atoms with van der Waals surface area (Å²) in [4.78, 5) is 23.4. The van der Waals surface area contributed by atoms with Crippen LogP contribution in [0.3, 0.4) is 0 Å². The molecule has 18 heavy (non-hydrogen) atoms. The first-order chi connectivity index (χ1) is 8.33. The number of rotatable bonds is 3. The summed E-state index contributed by atoms with van der Waals surface area (Å²) in [7, 11) is 1.32. The van der Waals surface area contributed by atoms with Crippen molar-refractivity contribution >= 4 is 29.4 Å². The van der Waals surface area contributed by atoms with Crippen molar-refractivity contribution in [3.8, 4) is 0 Å². The Balaban J connectivity index is 2.76. The molecule has 0 N–H and O–H groups in total. The molecule has 1 aromatic rings. The molecule has 0 fully saturated rings. The number of esters is 2. The lowest BCUT2D eigenvalue weighted by molar-refractivity contribution is -0.148. The lowest BCUT2D eigenvalue weighted by atomic mass is 10.2. The normalized spacial score (nSPS) is 11.6. The zero-order valence-corrected chi connectivity index (χ0v) is 11.7. The number of ether oxygens (including phenoxy) is 2. The molecule has 5 heteroatoms. The van der Waals surface area contributed by atoms with Crippen molar-refractivity contribution in [3.63, 3.8) is 0 Å². The molecule has 0 aliphatic carbocycles. The minimum atomic E-state index is -0.527. The third-order valence-corrected chi connectivity index (χ3v) is 2.78. The van der Waals surface area contributed by atoms with E-state index in [0.29, 0.717) is 10.4 Å². The average Bonchev–Trinajstić information content (AvgIpc) is 2.71.